The van der Waals surface area contributed by atoms with Crippen molar-refractivity contribution in [1.29, 1.82) is 0 Å². The van der Waals surface area contributed by atoms with Gasteiger partial charge in [0.1, 0.15) is 5.75 Å². The first kappa shape index (κ1) is 18.7. The number of anilines is 2. The highest BCUT2D eigenvalue weighted by Crippen LogP contribution is 2.34. The second-order valence-corrected chi connectivity index (χ2v) is 8.56. The highest BCUT2D eigenvalue weighted by molar-refractivity contribution is 9.10. The molecule has 7 heteroatoms. The standard InChI is InChI=1S/C19H20BrN3O2S/c1-10-9-14-16(26-18(21)22-14)11(2)15(10)23-17(24)19(3,4)25-13-7-5-12(20)6-8-13/h5-9H,1-4H3,(H2,21,22)(H,23,24). The summed E-state index contributed by atoms with van der Waals surface area (Å²) in [5.74, 6) is 0.413. The molecule has 0 saturated carbocycles. The third-order valence-electron chi connectivity index (χ3n) is 4.11. The summed E-state index contributed by atoms with van der Waals surface area (Å²) in [6.45, 7) is 7.40. The number of benzene rings is 2. The fourth-order valence-electron chi connectivity index (χ4n) is 2.70. The molecule has 0 bridgehead atoms. The van der Waals surface area contributed by atoms with Gasteiger partial charge in [-0.1, -0.05) is 27.3 Å². The summed E-state index contributed by atoms with van der Waals surface area (Å²) in [5, 5.41) is 3.54. The number of hydrogen-bond donors (Lipinski definition) is 2. The number of thiazole rings is 1. The number of aryl methyl sites for hydroxylation is 2. The van der Waals surface area contributed by atoms with Gasteiger partial charge in [-0.25, -0.2) is 4.98 Å². The Morgan fingerprint density at radius 2 is 1.92 bits per heavy atom. The largest absolute Gasteiger partial charge is 0.478 e. The molecule has 1 aromatic heterocycles. The van der Waals surface area contributed by atoms with Crippen molar-refractivity contribution >= 4 is 54.2 Å². The van der Waals surface area contributed by atoms with Gasteiger partial charge in [0.2, 0.25) is 0 Å². The Hall–Kier alpha value is -2.12. The van der Waals surface area contributed by atoms with Crippen LogP contribution in [0.5, 0.6) is 5.75 Å². The number of aromatic nitrogens is 1. The monoisotopic (exact) mass is 433 g/mol. The van der Waals surface area contributed by atoms with E-state index >= 15 is 0 Å². The highest BCUT2D eigenvalue weighted by atomic mass is 79.9. The molecular weight excluding hydrogens is 414 g/mol. The van der Waals surface area contributed by atoms with Crippen LogP contribution in [-0.4, -0.2) is 16.5 Å². The number of carbonyl (C=O) groups is 1. The van der Waals surface area contributed by atoms with E-state index in [-0.39, 0.29) is 5.91 Å². The molecule has 2 aromatic carbocycles. The minimum absolute atomic E-state index is 0.219. The predicted molar refractivity (Wildman–Crippen MR) is 111 cm³/mol. The second kappa shape index (κ2) is 6.89. The van der Waals surface area contributed by atoms with E-state index in [2.05, 4.69) is 26.2 Å². The first-order chi connectivity index (χ1) is 12.2. The lowest BCUT2D eigenvalue weighted by molar-refractivity contribution is -0.128. The molecule has 3 aromatic rings. The second-order valence-electron chi connectivity index (χ2n) is 6.61. The number of halogens is 1. The number of rotatable bonds is 4. The summed E-state index contributed by atoms with van der Waals surface area (Å²) in [7, 11) is 0. The fraction of sp³-hybridized carbons (Fsp3) is 0.263. The Morgan fingerprint density at radius 3 is 2.58 bits per heavy atom. The molecule has 136 valence electrons. The Bertz CT molecular complexity index is 981. The van der Waals surface area contributed by atoms with Gasteiger partial charge in [0.15, 0.2) is 10.7 Å². The van der Waals surface area contributed by atoms with Gasteiger partial charge in [-0.05, 0) is 69.2 Å². The van der Waals surface area contributed by atoms with Crippen molar-refractivity contribution in [2.75, 3.05) is 11.1 Å². The number of ether oxygens (including phenoxy) is 1. The molecule has 0 unspecified atom stereocenters. The Labute approximate surface area is 164 Å². The van der Waals surface area contributed by atoms with Gasteiger partial charge in [0.05, 0.1) is 10.2 Å². The maximum absolute atomic E-state index is 12.9. The summed E-state index contributed by atoms with van der Waals surface area (Å²) < 4.78 is 7.84. The first-order valence-electron chi connectivity index (χ1n) is 8.09. The molecule has 0 aliphatic rings. The van der Waals surface area contributed by atoms with E-state index in [0.717, 1.165) is 31.5 Å². The lowest BCUT2D eigenvalue weighted by Crippen LogP contribution is -2.42. The van der Waals surface area contributed by atoms with Crippen molar-refractivity contribution in [1.82, 2.24) is 4.98 Å². The van der Waals surface area contributed by atoms with E-state index in [4.69, 9.17) is 10.5 Å². The highest BCUT2D eigenvalue weighted by Gasteiger charge is 2.31. The van der Waals surface area contributed by atoms with Crippen LogP contribution in [-0.2, 0) is 4.79 Å². The number of amides is 1. The van der Waals surface area contributed by atoms with Gasteiger partial charge in [0, 0.05) is 10.2 Å². The molecule has 3 N–H and O–H groups in total. The number of carbonyl (C=O) groups excluding carboxylic acids is 1. The van der Waals surface area contributed by atoms with Crippen molar-refractivity contribution in [2.45, 2.75) is 33.3 Å². The van der Waals surface area contributed by atoms with Crippen LogP contribution in [0, 0.1) is 13.8 Å². The average Bonchev–Trinajstić information content (AvgIpc) is 2.93. The number of nitrogens with zero attached hydrogens (tertiary/aromatic N) is 1. The van der Waals surface area contributed by atoms with Crippen LogP contribution in [0.4, 0.5) is 10.8 Å². The summed E-state index contributed by atoms with van der Waals surface area (Å²) >= 11 is 4.81. The van der Waals surface area contributed by atoms with Crippen LogP contribution in [0.3, 0.4) is 0 Å². The van der Waals surface area contributed by atoms with Gasteiger partial charge in [-0.2, -0.15) is 0 Å². The molecule has 0 radical (unpaired) electrons. The molecule has 26 heavy (non-hydrogen) atoms. The third kappa shape index (κ3) is 3.68. The van der Waals surface area contributed by atoms with E-state index in [1.807, 2.05) is 44.2 Å². The molecule has 0 aliphatic heterocycles. The molecule has 1 heterocycles. The number of nitrogens with one attached hydrogen (secondary N) is 1. The molecule has 0 saturated heterocycles. The van der Waals surface area contributed by atoms with Gasteiger partial charge in [-0.3, -0.25) is 4.79 Å². The van der Waals surface area contributed by atoms with E-state index in [1.54, 1.807) is 13.8 Å². The van der Waals surface area contributed by atoms with Crippen molar-refractivity contribution in [3.05, 3.63) is 45.9 Å². The number of nitrogen functional groups attached to an aromatic ring is 1. The van der Waals surface area contributed by atoms with Crippen LogP contribution in [0.25, 0.3) is 10.2 Å². The lowest BCUT2D eigenvalue weighted by Gasteiger charge is -2.26. The first-order valence-corrected chi connectivity index (χ1v) is 9.70. The third-order valence-corrected chi connectivity index (χ3v) is 5.65. The molecule has 0 spiro atoms. The zero-order chi connectivity index (χ0) is 19.1. The van der Waals surface area contributed by atoms with Crippen molar-refractivity contribution in [3.8, 4) is 5.75 Å². The molecule has 0 aliphatic carbocycles. The van der Waals surface area contributed by atoms with Crippen LogP contribution >= 0.6 is 27.3 Å². The summed E-state index contributed by atoms with van der Waals surface area (Å²) in [6.07, 6.45) is 0. The minimum Gasteiger partial charge on any atom is -0.478 e. The van der Waals surface area contributed by atoms with Crippen molar-refractivity contribution in [3.63, 3.8) is 0 Å². The van der Waals surface area contributed by atoms with Crippen LogP contribution in [0.2, 0.25) is 0 Å². The molecule has 0 atom stereocenters. The quantitative estimate of drug-likeness (QED) is 0.602. The number of nitrogens with two attached hydrogens (primary N) is 1. The molecule has 3 rings (SSSR count). The molecule has 0 fully saturated rings. The SMILES string of the molecule is Cc1cc2nc(N)sc2c(C)c1NC(=O)C(C)(C)Oc1ccc(Br)cc1. The minimum atomic E-state index is -1.03. The van der Waals surface area contributed by atoms with Gasteiger partial charge < -0.3 is 15.8 Å². The normalized spacial score (nSPS) is 11.6. The molecule has 1 amide bonds. The van der Waals surface area contributed by atoms with Gasteiger partial charge in [-0.15, -0.1) is 0 Å². The Kier molecular flexibility index (Phi) is 4.94. The van der Waals surface area contributed by atoms with Gasteiger partial charge >= 0.3 is 0 Å². The smallest absolute Gasteiger partial charge is 0.267 e. The summed E-state index contributed by atoms with van der Waals surface area (Å²) in [5.41, 5.74) is 8.32. The zero-order valence-electron chi connectivity index (χ0n) is 15.0. The number of hydrogen-bond acceptors (Lipinski definition) is 5. The Morgan fingerprint density at radius 1 is 1.27 bits per heavy atom. The van der Waals surface area contributed by atoms with E-state index in [1.165, 1.54) is 11.3 Å². The topological polar surface area (TPSA) is 77.2 Å². The lowest BCUT2D eigenvalue weighted by atomic mass is 10.0. The van der Waals surface area contributed by atoms with E-state index < -0.39 is 5.60 Å². The molecule has 5 nitrogen and oxygen atoms in total. The van der Waals surface area contributed by atoms with Crippen LogP contribution in [0.1, 0.15) is 25.0 Å². The van der Waals surface area contributed by atoms with Crippen molar-refractivity contribution in [2.24, 2.45) is 0 Å². The van der Waals surface area contributed by atoms with E-state index in [9.17, 15) is 4.79 Å². The average molecular weight is 434 g/mol. The fourth-order valence-corrected chi connectivity index (χ4v) is 3.78. The summed E-state index contributed by atoms with van der Waals surface area (Å²) in [4.78, 5) is 17.2. The van der Waals surface area contributed by atoms with Crippen LogP contribution in [0.15, 0.2) is 34.8 Å². The predicted octanol–water partition coefficient (Wildman–Crippen LogP) is 5.05. The maximum atomic E-state index is 12.9. The van der Waals surface area contributed by atoms with Gasteiger partial charge in [0.25, 0.3) is 5.91 Å². The van der Waals surface area contributed by atoms with E-state index in [0.29, 0.717) is 10.9 Å². The Balaban J connectivity index is 1.86. The number of fused-ring (bicyclic) bond motifs is 1. The molecular formula is C19H20BrN3O2S. The summed E-state index contributed by atoms with van der Waals surface area (Å²) in [6, 6.07) is 9.33. The van der Waals surface area contributed by atoms with Crippen LogP contribution < -0.4 is 15.8 Å². The zero-order valence-corrected chi connectivity index (χ0v) is 17.4. The van der Waals surface area contributed by atoms with Crippen molar-refractivity contribution < 1.29 is 9.53 Å². The maximum Gasteiger partial charge on any atom is 0.267 e.